The summed E-state index contributed by atoms with van der Waals surface area (Å²) in [5.41, 5.74) is 0. The van der Waals surface area contributed by atoms with Gasteiger partial charge in [0.05, 0.1) is 0 Å². The first kappa shape index (κ1) is 8.76. The Kier molecular flexibility index (Phi) is 3.61. The number of unbranched alkanes of at least 4 members (excludes halogenated alkanes) is 1. The monoisotopic (exact) mass is 154 g/mol. The molecule has 0 aromatic rings. The van der Waals surface area contributed by atoms with Crippen molar-refractivity contribution in [1.82, 2.24) is 0 Å². The molecule has 0 aromatic heterocycles. The van der Waals surface area contributed by atoms with E-state index in [4.69, 9.17) is 0 Å². The van der Waals surface area contributed by atoms with Crippen molar-refractivity contribution >= 4 is 6.29 Å². The van der Waals surface area contributed by atoms with Crippen LogP contribution in [0.1, 0.15) is 45.4 Å². The molecule has 0 aliphatic heterocycles. The van der Waals surface area contributed by atoms with E-state index in [-0.39, 0.29) is 0 Å². The third kappa shape index (κ3) is 3.04. The Hall–Kier alpha value is -0.330. The minimum absolute atomic E-state index is 0.769. The van der Waals surface area contributed by atoms with Gasteiger partial charge in [-0.3, -0.25) is 0 Å². The lowest BCUT2D eigenvalue weighted by atomic mass is 10.00. The summed E-state index contributed by atoms with van der Waals surface area (Å²) in [6.45, 7) is 2.33. The molecule has 0 amide bonds. The molecule has 0 heterocycles. The van der Waals surface area contributed by atoms with Gasteiger partial charge in [-0.05, 0) is 24.7 Å². The summed E-state index contributed by atoms with van der Waals surface area (Å²) in [5.74, 6) is 1.88. The minimum Gasteiger partial charge on any atom is -0.303 e. The second kappa shape index (κ2) is 4.53. The second-order valence-corrected chi connectivity index (χ2v) is 3.88. The SMILES string of the molecule is CC1CCC(CCCC=O)C1. The highest BCUT2D eigenvalue weighted by atomic mass is 16.1. The van der Waals surface area contributed by atoms with Gasteiger partial charge in [0.1, 0.15) is 6.29 Å². The van der Waals surface area contributed by atoms with E-state index < -0.39 is 0 Å². The van der Waals surface area contributed by atoms with Gasteiger partial charge >= 0.3 is 0 Å². The number of aldehydes is 1. The van der Waals surface area contributed by atoms with Crippen molar-refractivity contribution < 1.29 is 4.79 Å². The van der Waals surface area contributed by atoms with Crippen molar-refractivity contribution in [3.05, 3.63) is 0 Å². The van der Waals surface area contributed by atoms with E-state index >= 15 is 0 Å². The van der Waals surface area contributed by atoms with Gasteiger partial charge in [0, 0.05) is 6.42 Å². The Balaban J connectivity index is 2.03. The van der Waals surface area contributed by atoms with E-state index in [9.17, 15) is 4.79 Å². The zero-order valence-corrected chi connectivity index (χ0v) is 7.38. The molecule has 1 nitrogen and oxygen atoms in total. The molecule has 1 fully saturated rings. The molecular weight excluding hydrogens is 136 g/mol. The molecule has 11 heavy (non-hydrogen) atoms. The Morgan fingerprint density at radius 3 is 2.82 bits per heavy atom. The Morgan fingerprint density at radius 2 is 2.27 bits per heavy atom. The molecule has 2 unspecified atom stereocenters. The lowest BCUT2D eigenvalue weighted by Crippen LogP contribution is -1.94. The molecular formula is C10H18O. The van der Waals surface area contributed by atoms with Crippen molar-refractivity contribution in [3.63, 3.8) is 0 Å². The van der Waals surface area contributed by atoms with Gasteiger partial charge in [0.25, 0.3) is 0 Å². The normalized spacial score (nSPS) is 30.6. The number of carbonyl (C=O) groups is 1. The van der Waals surface area contributed by atoms with Gasteiger partial charge in [0.2, 0.25) is 0 Å². The Morgan fingerprint density at radius 1 is 1.45 bits per heavy atom. The van der Waals surface area contributed by atoms with Crippen LogP contribution in [0.25, 0.3) is 0 Å². The first-order valence-electron chi connectivity index (χ1n) is 4.76. The molecule has 0 radical (unpaired) electrons. The standard InChI is InChI=1S/C10H18O/c1-9-5-6-10(8-9)4-2-3-7-11/h7,9-10H,2-6,8H2,1H3. The number of carbonyl (C=O) groups excluding carboxylic acids is 1. The van der Waals surface area contributed by atoms with Crippen LogP contribution in [0.15, 0.2) is 0 Å². The lowest BCUT2D eigenvalue weighted by molar-refractivity contribution is -0.107. The van der Waals surface area contributed by atoms with Crippen LogP contribution in [-0.2, 0) is 4.79 Å². The predicted molar refractivity (Wildman–Crippen MR) is 46.4 cm³/mol. The Labute approximate surface area is 69.2 Å². The smallest absolute Gasteiger partial charge is 0.119 e. The van der Waals surface area contributed by atoms with Crippen molar-refractivity contribution in [2.75, 3.05) is 0 Å². The molecule has 0 spiro atoms. The van der Waals surface area contributed by atoms with E-state index in [2.05, 4.69) is 6.92 Å². The molecule has 1 saturated carbocycles. The van der Waals surface area contributed by atoms with Gasteiger partial charge in [-0.15, -0.1) is 0 Å². The predicted octanol–water partition coefficient (Wildman–Crippen LogP) is 2.79. The van der Waals surface area contributed by atoms with Gasteiger partial charge < -0.3 is 4.79 Å². The fourth-order valence-electron chi connectivity index (χ4n) is 2.08. The van der Waals surface area contributed by atoms with Crippen LogP contribution in [0.5, 0.6) is 0 Å². The Bertz CT molecular complexity index is 120. The quantitative estimate of drug-likeness (QED) is 0.449. The van der Waals surface area contributed by atoms with Gasteiger partial charge in [0.15, 0.2) is 0 Å². The second-order valence-electron chi connectivity index (χ2n) is 3.88. The maximum Gasteiger partial charge on any atom is 0.119 e. The summed E-state index contributed by atoms with van der Waals surface area (Å²) in [7, 11) is 0. The van der Waals surface area contributed by atoms with Crippen LogP contribution < -0.4 is 0 Å². The van der Waals surface area contributed by atoms with Gasteiger partial charge in [-0.2, -0.15) is 0 Å². The topological polar surface area (TPSA) is 17.1 Å². The fraction of sp³-hybridized carbons (Fsp3) is 0.900. The van der Waals surface area contributed by atoms with E-state index in [0.29, 0.717) is 0 Å². The van der Waals surface area contributed by atoms with Crippen LogP contribution in [0.2, 0.25) is 0 Å². The van der Waals surface area contributed by atoms with Crippen molar-refractivity contribution in [2.45, 2.75) is 45.4 Å². The molecule has 2 atom stereocenters. The molecule has 1 aliphatic carbocycles. The first-order chi connectivity index (χ1) is 5.33. The van der Waals surface area contributed by atoms with Crippen molar-refractivity contribution in [3.8, 4) is 0 Å². The van der Waals surface area contributed by atoms with Crippen LogP contribution in [0.3, 0.4) is 0 Å². The summed E-state index contributed by atoms with van der Waals surface area (Å²) in [6, 6.07) is 0. The molecule has 64 valence electrons. The zero-order valence-electron chi connectivity index (χ0n) is 7.38. The highest BCUT2D eigenvalue weighted by Gasteiger charge is 2.20. The molecule has 1 aliphatic rings. The molecule has 0 saturated heterocycles. The summed E-state index contributed by atoms with van der Waals surface area (Å²) < 4.78 is 0. The van der Waals surface area contributed by atoms with Crippen LogP contribution >= 0.6 is 0 Å². The summed E-state index contributed by atoms with van der Waals surface area (Å²) in [6.07, 6.45) is 8.41. The number of rotatable bonds is 4. The fourth-order valence-corrected chi connectivity index (χ4v) is 2.08. The molecule has 0 aromatic carbocycles. The molecule has 1 heteroatoms. The maximum absolute atomic E-state index is 10.0. The zero-order chi connectivity index (χ0) is 8.10. The van der Waals surface area contributed by atoms with Crippen molar-refractivity contribution in [2.24, 2.45) is 11.8 Å². The largest absolute Gasteiger partial charge is 0.303 e. The highest BCUT2D eigenvalue weighted by molar-refractivity contribution is 5.48. The first-order valence-corrected chi connectivity index (χ1v) is 4.76. The third-order valence-corrected chi connectivity index (χ3v) is 2.74. The van der Waals surface area contributed by atoms with Crippen molar-refractivity contribution in [1.29, 1.82) is 0 Å². The summed E-state index contributed by atoms with van der Waals surface area (Å²) in [5, 5.41) is 0. The maximum atomic E-state index is 10.0. The minimum atomic E-state index is 0.769. The van der Waals surface area contributed by atoms with Gasteiger partial charge in [-0.25, -0.2) is 0 Å². The van der Waals surface area contributed by atoms with Crippen LogP contribution in [0.4, 0.5) is 0 Å². The number of hydrogen-bond acceptors (Lipinski definition) is 1. The van der Waals surface area contributed by atoms with Crippen LogP contribution in [0, 0.1) is 11.8 Å². The average Bonchev–Trinajstić information content (AvgIpc) is 2.37. The summed E-state index contributed by atoms with van der Waals surface area (Å²) in [4.78, 5) is 10.0. The summed E-state index contributed by atoms with van der Waals surface area (Å²) >= 11 is 0. The third-order valence-electron chi connectivity index (χ3n) is 2.74. The lowest BCUT2D eigenvalue weighted by Gasteiger charge is -2.06. The average molecular weight is 154 g/mol. The van der Waals surface area contributed by atoms with E-state index in [1.54, 1.807) is 0 Å². The molecule has 1 rings (SSSR count). The molecule has 0 N–H and O–H groups in total. The van der Waals surface area contributed by atoms with E-state index in [0.717, 1.165) is 31.0 Å². The van der Waals surface area contributed by atoms with Gasteiger partial charge in [-0.1, -0.05) is 26.2 Å². The number of hydrogen-bond donors (Lipinski definition) is 0. The van der Waals surface area contributed by atoms with E-state index in [1.165, 1.54) is 25.7 Å². The molecule has 0 bridgehead atoms. The highest BCUT2D eigenvalue weighted by Crippen LogP contribution is 2.33. The van der Waals surface area contributed by atoms with E-state index in [1.807, 2.05) is 0 Å². The van der Waals surface area contributed by atoms with Crippen LogP contribution in [-0.4, -0.2) is 6.29 Å².